The third kappa shape index (κ3) is 5.63. The van der Waals surface area contributed by atoms with Crippen LogP contribution in [-0.4, -0.2) is 17.2 Å². The quantitative estimate of drug-likeness (QED) is 0.647. The van der Waals surface area contributed by atoms with Crippen LogP contribution in [0.1, 0.15) is 76.6 Å². The van der Waals surface area contributed by atoms with Crippen LogP contribution in [0.5, 0.6) is 0 Å². The van der Waals surface area contributed by atoms with Crippen LogP contribution < -0.4 is 5.32 Å². The van der Waals surface area contributed by atoms with Crippen LogP contribution in [0.15, 0.2) is 4.42 Å². The summed E-state index contributed by atoms with van der Waals surface area (Å²) in [4.78, 5) is 0. The Kier molecular flexibility index (Phi) is 7.65. The molecule has 1 N–H and O–H groups in total. The molecule has 1 aromatic rings. The average Bonchev–Trinajstić information content (AvgIpc) is 2.85. The Bertz CT molecular complexity index is 312. The molecule has 0 saturated heterocycles. The van der Waals surface area contributed by atoms with Gasteiger partial charge >= 0.3 is 0 Å². The van der Waals surface area contributed by atoms with Gasteiger partial charge in [0.2, 0.25) is 11.8 Å². The number of aryl methyl sites for hydroxylation is 1. The van der Waals surface area contributed by atoms with E-state index in [1.54, 1.807) is 0 Å². The molecule has 4 heteroatoms. The number of rotatable bonds is 10. The maximum absolute atomic E-state index is 5.60. The van der Waals surface area contributed by atoms with Crippen LogP contribution in [0.25, 0.3) is 0 Å². The SMILES string of the molecule is CCCCCCCCCc1nnc(C(C)NC)o1. The molecule has 0 radical (unpaired) electrons. The average molecular weight is 253 g/mol. The normalized spacial score (nSPS) is 12.8. The highest BCUT2D eigenvalue weighted by Gasteiger charge is 2.11. The van der Waals surface area contributed by atoms with E-state index in [4.69, 9.17) is 4.42 Å². The van der Waals surface area contributed by atoms with Gasteiger partial charge < -0.3 is 9.73 Å². The Morgan fingerprint density at radius 3 is 2.39 bits per heavy atom. The van der Waals surface area contributed by atoms with Crippen molar-refractivity contribution in [1.29, 1.82) is 0 Å². The summed E-state index contributed by atoms with van der Waals surface area (Å²) in [7, 11) is 1.89. The Labute approximate surface area is 111 Å². The van der Waals surface area contributed by atoms with E-state index in [1.807, 2.05) is 14.0 Å². The summed E-state index contributed by atoms with van der Waals surface area (Å²) in [5, 5.41) is 11.2. The molecule has 0 bridgehead atoms. The Balaban J connectivity index is 2.10. The Morgan fingerprint density at radius 1 is 1.06 bits per heavy atom. The molecule has 0 aromatic carbocycles. The van der Waals surface area contributed by atoms with Crippen molar-refractivity contribution >= 4 is 0 Å². The second-order valence-corrected chi connectivity index (χ2v) is 4.92. The first-order chi connectivity index (χ1) is 8.77. The third-order valence-corrected chi connectivity index (χ3v) is 3.28. The van der Waals surface area contributed by atoms with Gasteiger partial charge in [0.15, 0.2) is 0 Å². The summed E-state index contributed by atoms with van der Waals surface area (Å²) >= 11 is 0. The van der Waals surface area contributed by atoms with E-state index in [0.717, 1.165) is 18.7 Å². The maximum atomic E-state index is 5.60. The summed E-state index contributed by atoms with van der Waals surface area (Å²) in [5.41, 5.74) is 0. The molecule has 18 heavy (non-hydrogen) atoms. The van der Waals surface area contributed by atoms with E-state index in [0.29, 0.717) is 5.89 Å². The zero-order valence-corrected chi connectivity index (χ0v) is 12.0. The third-order valence-electron chi connectivity index (χ3n) is 3.28. The summed E-state index contributed by atoms with van der Waals surface area (Å²) in [6.45, 7) is 4.27. The van der Waals surface area contributed by atoms with Crippen LogP contribution in [-0.2, 0) is 6.42 Å². The van der Waals surface area contributed by atoms with Gasteiger partial charge in [0, 0.05) is 6.42 Å². The molecule has 0 saturated carbocycles. The van der Waals surface area contributed by atoms with Gasteiger partial charge in [0.25, 0.3) is 0 Å². The predicted molar refractivity (Wildman–Crippen MR) is 73.5 cm³/mol. The van der Waals surface area contributed by atoms with Crippen molar-refractivity contribution in [2.24, 2.45) is 0 Å². The van der Waals surface area contributed by atoms with Crippen molar-refractivity contribution in [3.8, 4) is 0 Å². The number of nitrogens with one attached hydrogen (secondary N) is 1. The first kappa shape index (κ1) is 15.2. The maximum Gasteiger partial charge on any atom is 0.233 e. The molecule has 0 aliphatic heterocycles. The highest BCUT2D eigenvalue weighted by molar-refractivity contribution is 4.87. The van der Waals surface area contributed by atoms with E-state index < -0.39 is 0 Å². The lowest BCUT2D eigenvalue weighted by Crippen LogP contribution is -2.12. The molecule has 0 amide bonds. The molecule has 0 aliphatic rings. The highest BCUT2D eigenvalue weighted by Crippen LogP contribution is 2.13. The molecule has 1 rings (SSSR count). The molecular weight excluding hydrogens is 226 g/mol. The number of hydrogen-bond acceptors (Lipinski definition) is 4. The molecule has 1 unspecified atom stereocenters. The fourth-order valence-corrected chi connectivity index (χ4v) is 1.90. The van der Waals surface area contributed by atoms with Crippen molar-refractivity contribution in [2.45, 2.75) is 71.3 Å². The fraction of sp³-hybridized carbons (Fsp3) is 0.857. The molecule has 0 fully saturated rings. The van der Waals surface area contributed by atoms with Gasteiger partial charge in [-0.3, -0.25) is 0 Å². The topological polar surface area (TPSA) is 51.0 Å². The van der Waals surface area contributed by atoms with Crippen molar-refractivity contribution in [1.82, 2.24) is 15.5 Å². The van der Waals surface area contributed by atoms with Gasteiger partial charge in [-0.2, -0.15) is 0 Å². The minimum atomic E-state index is 0.139. The van der Waals surface area contributed by atoms with Gasteiger partial charge in [-0.1, -0.05) is 45.4 Å². The van der Waals surface area contributed by atoms with Crippen molar-refractivity contribution in [3.63, 3.8) is 0 Å². The molecule has 4 nitrogen and oxygen atoms in total. The second-order valence-electron chi connectivity index (χ2n) is 4.92. The van der Waals surface area contributed by atoms with Crippen molar-refractivity contribution < 1.29 is 4.42 Å². The Morgan fingerprint density at radius 2 is 1.72 bits per heavy atom. The van der Waals surface area contributed by atoms with E-state index in [2.05, 4.69) is 22.4 Å². The number of hydrogen-bond donors (Lipinski definition) is 1. The lowest BCUT2D eigenvalue weighted by Gasteiger charge is -2.02. The van der Waals surface area contributed by atoms with E-state index in [-0.39, 0.29) is 6.04 Å². The molecule has 0 spiro atoms. The Hall–Kier alpha value is -0.900. The lowest BCUT2D eigenvalue weighted by molar-refractivity contribution is 0.400. The fourth-order valence-electron chi connectivity index (χ4n) is 1.90. The molecule has 1 heterocycles. The van der Waals surface area contributed by atoms with Gasteiger partial charge in [-0.15, -0.1) is 10.2 Å². The minimum absolute atomic E-state index is 0.139. The smallest absolute Gasteiger partial charge is 0.233 e. The van der Waals surface area contributed by atoms with E-state index in [1.165, 1.54) is 38.5 Å². The van der Waals surface area contributed by atoms with Gasteiger partial charge in [0.05, 0.1) is 6.04 Å². The van der Waals surface area contributed by atoms with Crippen molar-refractivity contribution in [3.05, 3.63) is 11.8 Å². The first-order valence-electron chi connectivity index (χ1n) is 7.27. The van der Waals surface area contributed by atoms with Crippen LogP contribution in [0, 0.1) is 0 Å². The molecule has 0 aliphatic carbocycles. The van der Waals surface area contributed by atoms with Gasteiger partial charge in [0.1, 0.15) is 0 Å². The molecule has 1 aromatic heterocycles. The number of aromatic nitrogens is 2. The largest absolute Gasteiger partial charge is 0.424 e. The zero-order valence-electron chi connectivity index (χ0n) is 12.0. The number of unbranched alkanes of at least 4 members (excludes halogenated alkanes) is 6. The lowest BCUT2D eigenvalue weighted by atomic mass is 10.1. The summed E-state index contributed by atoms with van der Waals surface area (Å²) in [6, 6.07) is 0.139. The predicted octanol–water partition coefficient (Wildman–Crippen LogP) is 3.64. The highest BCUT2D eigenvalue weighted by atomic mass is 16.4. The van der Waals surface area contributed by atoms with Crippen LogP contribution >= 0.6 is 0 Å². The zero-order chi connectivity index (χ0) is 13.2. The van der Waals surface area contributed by atoms with Crippen molar-refractivity contribution in [2.75, 3.05) is 7.05 Å². The number of nitrogens with zero attached hydrogens (tertiary/aromatic N) is 2. The molecule has 104 valence electrons. The standard InChI is InChI=1S/C14H27N3O/c1-4-5-6-7-8-9-10-11-13-16-17-14(18-13)12(2)15-3/h12,15H,4-11H2,1-3H3. The monoisotopic (exact) mass is 253 g/mol. The minimum Gasteiger partial charge on any atom is -0.424 e. The van der Waals surface area contributed by atoms with Gasteiger partial charge in [-0.05, 0) is 20.4 Å². The molecular formula is C14H27N3O. The van der Waals surface area contributed by atoms with Gasteiger partial charge in [-0.25, -0.2) is 0 Å². The summed E-state index contributed by atoms with van der Waals surface area (Å²) < 4.78 is 5.60. The summed E-state index contributed by atoms with van der Waals surface area (Å²) in [5.74, 6) is 1.47. The van der Waals surface area contributed by atoms with E-state index >= 15 is 0 Å². The second kappa shape index (κ2) is 9.09. The van der Waals surface area contributed by atoms with Crippen LogP contribution in [0.3, 0.4) is 0 Å². The van der Waals surface area contributed by atoms with Crippen LogP contribution in [0.2, 0.25) is 0 Å². The first-order valence-corrected chi connectivity index (χ1v) is 7.27. The molecule has 1 atom stereocenters. The summed E-state index contributed by atoms with van der Waals surface area (Å²) in [6.07, 6.45) is 10.1. The van der Waals surface area contributed by atoms with E-state index in [9.17, 15) is 0 Å². The van der Waals surface area contributed by atoms with Crippen LogP contribution in [0.4, 0.5) is 0 Å².